The highest BCUT2D eigenvalue weighted by molar-refractivity contribution is 6.18. The van der Waals surface area contributed by atoms with Gasteiger partial charge < -0.3 is 4.57 Å². The number of aliphatic imine (C=N–C) groups is 1. The zero-order valence-corrected chi connectivity index (χ0v) is 22.0. The van der Waals surface area contributed by atoms with Gasteiger partial charge in [0, 0.05) is 30.4 Å². The summed E-state index contributed by atoms with van der Waals surface area (Å²) in [5.41, 5.74) is 3.04. The first kappa shape index (κ1) is 24.9. The van der Waals surface area contributed by atoms with Crippen molar-refractivity contribution in [3.63, 3.8) is 0 Å². The Morgan fingerprint density at radius 1 is 0.974 bits per heavy atom. The fraction of sp³-hybridized carbons (Fsp3) is 0.267. The van der Waals surface area contributed by atoms with Crippen LogP contribution in [0.15, 0.2) is 71.9 Å². The number of guanidine groups is 1. The quantitative estimate of drug-likeness (QED) is 0.332. The van der Waals surface area contributed by atoms with Crippen molar-refractivity contribution < 1.29 is 13.6 Å². The maximum atomic E-state index is 14.2. The molecule has 0 saturated carbocycles. The van der Waals surface area contributed by atoms with Gasteiger partial charge in [0.05, 0.1) is 17.8 Å². The van der Waals surface area contributed by atoms with E-state index in [1.165, 1.54) is 6.07 Å². The third-order valence-corrected chi connectivity index (χ3v) is 7.21. The number of fused-ring (bicyclic) bond motifs is 3. The molecule has 0 unspecified atom stereocenters. The van der Waals surface area contributed by atoms with Crippen LogP contribution >= 0.6 is 0 Å². The van der Waals surface area contributed by atoms with Crippen LogP contribution < -0.4 is 4.90 Å². The highest BCUT2D eigenvalue weighted by Crippen LogP contribution is 2.38. The van der Waals surface area contributed by atoms with Gasteiger partial charge in [0.25, 0.3) is 5.91 Å². The Balaban J connectivity index is 1.52. The van der Waals surface area contributed by atoms with Crippen LogP contribution in [0.25, 0.3) is 22.6 Å². The molecular weight excluding hydrogens is 498 g/mol. The molecular formula is C30H28F2N6O. The van der Waals surface area contributed by atoms with Crippen LogP contribution in [-0.2, 0) is 6.54 Å². The topological polar surface area (TPSA) is 66.6 Å². The lowest BCUT2D eigenvalue weighted by Gasteiger charge is -2.42. The lowest BCUT2D eigenvalue weighted by molar-refractivity contribution is 0.0837. The molecule has 0 aliphatic carbocycles. The molecule has 198 valence electrons. The smallest absolute Gasteiger partial charge is 0.283 e. The molecule has 0 spiro atoms. The largest absolute Gasteiger partial charge is 0.305 e. The van der Waals surface area contributed by atoms with Crippen LogP contribution in [0.5, 0.6) is 0 Å². The number of carbonyl (C=O) groups is 1. The third-order valence-electron chi connectivity index (χ3n) is 7.21. The van der Waals surface area contributed by atoms with Gasteiger partial charge in [-0.3, -0.25) is 19.6 Å². The minimum absolute atomic E-state index is 0.182. The van der Waals surface area contributed by atoms with Gasteiger partial charge in [0.15, 0.2) is 17.3 Å². The summed E-state index contributed by atoms with van der Waals surface area (Å²) >= 11 is 0. The molecule has 7 nitrogen and oxygen atoms in total. The minimum Gasteiger partial charge on any atom is -0.305 e. The van der Waals surface area contributed by atoms with E-state index in [4.69, 9.17) is 9.98 Å². The fourth-order valence-corrected chi connectivity index (χ4v) is 5.14. The second-order valence-electron chi connectivity index (χ2n) is 10.4. The Morgan fingerprint density at radius 2 is 1.77 bits per heavy atom. The highest BCUT2D eigenvalue weighted by atomic mass is 19.2. The van der Waals surface area contributed by atoms with E-state index >= 15 is 0 Å². The number of amides is 1. The van der Waals surface area contributed by atoms with Gasteiger partial charge in [-0.1, -0.05) is 36.4 Å². The molecule has 2 aromatic carbocycles. The molecule has 2 aromatic heterocycles. The lowest BCUT2D eigenvalue weighted by Crippen LogP contribution is -2.56. The molecule has 0 bridgehead atoms. The number of anilines is 1. The summed E-state index contributed by atoms with van der Waals surface area (Å²) in [4.78, 5) is 31.8. The molecule has 0 N–H and O–H groups in total. The van der Waals surface area contributed by atoms with Crippen molar-refractivity contribution in [2.75, 3.05) is 18.0 Å². The monoisotopic (exact) mass is 526 g/mol. The van der Waals surface area contributed by atoms with Crippen LogP contribution in [0.4, 0.5) is 14.6 Å². The summed E-state index contributed by atoms with van der Waals surface area (Å²) < 4.78 is 29.8. The lowest BCUT2D eigenvalue weighted by atomic mass is 9.99. The van der Waals surface area contributed by atoms with E-state index in [-0.39, 0.29) is 18.0 Å². The Kier molecular flexibility index (Phi) is 6.01. The van der Waals surface area contributed by atoms with Crippen LogP contribution in [0.2, 0.25) is 0 Å². The molecule has 4 heterocycles. The number of hydrogen-bond acceptors (Lipinski definition) is 5. The van der Waals surface area contributed by atoms with Gasteiger partial charge in [-0.15, -0.1) is 0 Å². The molecule has 39 heavy (non-hydrogen) atoms. The van der Waals surface area contributed by atoms with Crippen LogP contribution in [0.1, 0.15) is 43.2 Å². The van der Waals surface area contributed by atoms with Gasteiger partial charge in [0.2, 0.25) is 5.96 Å². The van der Waals surface area contributed by atoms with Gasteiger partial charge in [-0.2, -0.15) is 0 Å². The molecule has 2 aliphatic heterocycles. The fourth-order valence-electron chi connectivity index (χ4n) is 5.14. The molecule has 4 aromatic rings. The van der Waals surface area contributed by atoms with Gasteiger partial charge in [0.1, 0.15) is 11.6 Å². The average molecular weight is 527 g/mol. The number of nitrogens with zero attached hydrogens (tertiary/aromatic N) is 6. The summed E-state index contributed by atoms with van der Waals surface area (Å²) in [6, 6.07) is 17.5. The van der Waals surface area contributed by atoms with Crippen molar-refractivity contribution in [1.29, 1.82) is 0 Å². The van der Waals surface area contributed by atoms with E-state index < -0.39 is 11.6 Å². The normalized spacial score (nSPS) is 16.1. The number of rotatable bonds is 5. The summed E-state index contributed by atoms with van der Waals surface area (Å²) in [6.07, 6.45) is 2.51. The average Bonchev–Trinajstić information content (AvgIpc) is 3.30. The molecule has 6 rings (SSSR count). The Bertz CT molecular complexity index is 1590. The number of imidazole rings is 1. The maximum absolute atomic E-state index is 14.2. The summed E-state index contributed by atoms with van der Waals surface area (Å²) in [5, 5.41) is 0. The molecule has 0 atom stereocenters. The van der Waals surface area contributed by atoms with E-state index in [1.807, 2.05) is 58.9 Å². The number of halogens is 2. The number of carbonyl (C=O) groups excluding carboxylic acids is 1. The molecule has 0 saturated heterocycles. The van der Waals surface area contributed by atoms with Crippen molar-refractivity contribution in [3.8, 4) is 22.6 Å². The SMILES string of the molecule is CCN1C(=O)c2nc(-c3ccc(-c4ccccc4)nc3)n(Cc3ccc(F)c(F)c3)c2N2CCC(C)(C)N=C12. The third kappa shape index (κ3) is 4.37. The van der Waals surface area contributed by atoms with E-state index in [9.17, 15) is 13.6 Å². The number of hydrogen-bond donors (Lipinski definition) is 0. The van der Waals surface area contributed by atoms with Crippen molar-refractivity contribution in [3.05, 3.63) is 89.8 Å². The second-order valence-corrected chi connectivity index (χ2v) is 10.4. The second kappa shape index (κ2) is 9.41. The number of pyridine rings is 1. The first-order chi connectivity index (χ1) is 18.8. The molecule has 1 amide bonds. The standard InChI is InChI=1S/C30H28F2N6O/c1-4-36-28(39)25-27(37-15-14-30(2,3)35-29(36)37)38(18-19-10-12-22(31)23(32)16-19)26(34-25)21-11-13-24(33-17-21)20-8-6-5-7-9-20/h5-13,16-17H,4,14-15,18H2,1-3H3. The minimum atomic E-state index is -0.924. The summed E-state index contributed by atoms with van der Waals surface area (Å²) in [5.74, 6) is -0.361. The van der Waals surface area contributed by atoms with E-state index in [2.05, 4.69) is 18.8 Å². The Morgan fingerprint density at radius 3 is 2.46 bits per heavy atom. The van der Waals surface area contributed by atoms with E-state index in [0.29, 0.717) is 47.5 Å². The first-order valence-electron chi connectivity index (χ1n) is 13.0. The predicted molar refractivity (Wildman–Crippen MR) is 147 cm³/mol. The molecule has 9 heteroatoms. The Labute approximate surface area is 225 Å². The predicted octanol–water partition coefficient (Wildman–Crippen LogP) is 5.76. The first-order valence-corrected chi connectivity index (χ1v) is 13.0. The molecule has 0 radical (unpaired) electrons. The maximum Gasteiger partial charge on any atom is 0.283 e. The number of benzene rings is 2. The van der Waals surface area contributed by atoms with Crippen LogP contribution in [0, 0.1) is 11.6 Å². The van der Waals surface area contributed by atoms with Crippen LogP contribution in [0.3, 0.4) is 0 Å². The highest BCUT2D eigenvalue weighted by Gasteiger charge is 2.43. The number of aromatic nitrogens is 3. The zero-order chi connectivity index (χ0) is 27.3. The van der Waals surface area contributed by atoms with Gasteiger partial charge >= 0.3 is 0 Å². The van der Waals surface area contributed by atoms with E-state index in [0.717, 1.165) is 23.7 Å². The van der Waals surface area contributed by atoms with Crippen molar-refractivity contribution >= 4 is 17.7 Å². The van der Waals surface area contributed by atoms with E-state index in [1.54, 1.807) is 17.2 Å². The van der Waals surface area contributed by atoms with Gasteiger partial charge in [-0.05, 0) is 57.0 Å². The van der Waals surface area contributed by atoms with Crippen molar-refractivity contribution in [2.24, 2.45) is 4.99 Å². The van der Waals surface area contributed by atoms with Crippen molar-refractivity contribution in [2.45, 2.75) is 39.3 Å². The summed E-state index contributed by atoms with van der Waals surface area (Å²) in [7, 11) is 0. The molecule has 2 aliphatic rings. The zero-order valence-electron chi connectivity index (χ0n) is 22.0. The summed E-state index contributed by atoms with van der Waals surface area (Å²) in [6.45, 7) is 7.28. The van der Waals surface area contributed by atoms with Gasteiger partial charge in [-0.25, -0.2) is 18.8 Å². The van der Waals surface area contributed by atoms with Crippen molar-refractivity contribution in [1.82, 2.24) is 19.4 Å². The van der Waals surface area contributed by atoms with Crippen LogP contribution in [-0.4, -0.2) is 49.9 Å². The Hall–Kier alpha value is -4.40. The molecule has 0 fully saturated rings.